The zero-order chi connectivity index (χ0) is 22.6. The van der Waals surface area contributed by atoms with Crippen molar-refractivity contribution in [1.29, 1.82) is 0 Å². The molecule has 7 nitrogen and oxygen atoms in total. The van der Waals surface area contributed by atoms with Crippen LogP contribution < -0.4 is 15.4 Å². The zero-order valence-corrected chi connectivity index (χ0v) is 19.1. The molecule has 2 unspecified atom stereocenters. The van der Waals surface area contributed by atoms with Crippen LogP contribution in [0.4, 0.5) is 0 Å². The predicted molar refractivity (Wildman–Crippen MR) is 128 cm³/mol. The number of likely N-dealkylation sites (tertiary alicyclic amines) is 1. The first kappa shape index (κ1) is 22.2. The van der Waals surface area contributed by atoms with Crippen LogP contribution >= 0.6 is 0 Å². The van der Waals surface area contributed by atoms with Crippen LogP contribution in [0.1, 0.15) is 24.5 Å². The molecule has 5 rings (SSSR count). The van der Waals surface area contributed by atoms with Crippen molar-refractivity contribution in [3.05, 3.63) is 65.6 Å². The summed E-state index contributed by atoms with van der Waals surface area (Å²) < 4.78 is 16.7. The van der Waals surface area contributed by atoms with Gasteiger partial charge >= 0.3 is 0 Å². The number of benzene rings is 2. The van der Waals surface area contributed by atoms with Crippen LogP contribution in [0.2, 0.25) is 0 Å². The number of ether oxygens (including phenoxy) is 3. The predicted octanol–water partition coefficient (Wildman–Crippen LogP) is 2.68. The lowest BCUT2D eigenvalue weighted by Crippen LogP contribution is -2.46. The van der Waals surface area contributed by atoms with Gasteiger partial charge in [0.1, 0.15) is 18.1 Å². The minimum Gasteiger partial charge on any atom is -0.497 e. The van der Waals surface area contributed by atoms with Crippen molar-refractivity contribution in [3.63, 3.8) is 0 Å². The van der Waals surface area contributed by atoms with E-state index < -0.39 is 6.10 Å². The molecular weight excluding hydrogens is 418 g/mol. The van der Waals surface area contributed by atoms with Gasteiger partial charge in [-0.15, -0.1) is 0 Å². The van der Waals surface area contributed by atoms with E-state index in [-0.39, 0.29) is 6.23 Å². The molecule has 3 N–H and O–H groups in total. The van der Waals surface area contributed by atoms with Crippen molar-refractivity contribution in [2.45, 2.75) is 31.2 Å². The molecule has 2 atom stereocenters. The van der Waals surface area contributed by atoms with Crippen LogP contribution in [0, 0.1) is 0 Å². The van der Waals surface area contributed by atoms with E-state index in [4.69, 9.17) is 14.2 Å². The zero-order valence-electron chi connectivity index (χ0n) is 19.1. The Morgan fingerprint density at radius 3 is 2.91 bits per heavy atom. The minimum absolute atomic E-state index is 0.155. The average molecular weight is 452 g/mol. The number of methoxy groups -OCH3 is 1. The van der Waals surface area contributed by atoms with Crippen molar-refractivity contribution < 1.29 is 19.3 Å². The highest BCUT2D eigenvalue weighted by Gasteiger charge is 2.25. The molecule has 3 heterocycles. The number of β-amino-alcohol motifs (C(OH)–C–C–N with tert-alkyl or cyclic N) is 1. The summed E-state index contributed by atoms with van der Waals surface area (Å²) in [5, 5.41) is 20.3. The number of aliphatic hydroxyl groups excluding tert-OH is 1. The third kappa shape index (κ3) is 5.17. The van der Waals surface area contributed by atoms with E-state index in [0.29, 0.717) is 25.8 Å². The smallest absolute Gasteiger partial charge is 0.186 e. The standard InChI is InChI=1S/C26H33N3O4/c1-31-21-7-5-18-3-2-4-22(23(18)15-21)24(30)17-29-11-9-19(10-12-29)27-16-20-6-8-25-26(28-20)33-14-13-32-25/h2-8,15,19,24,26-28,30H,9-14,16-17H2,1H3. The van der Waals surface area contributed by atoms with Crippen LogP contribution in [0.3, 0.4) is 0 Å². The van der Waals surface area contributed by atoms with Crippen LogP contribution in [-0.2, 0) is 9.47 Å². The summed E-state index contributed by atoms with van der Waals surface area (Å²) in [5.41, 5.74) is 2.08. The van der Waals surface area contributed by atoms with Gasteiger partial charge in [-0.2, -0.15) is 0 Å². The monoisotopic (exact) mass is 451 g/mol. The molecule has 2 aromatic carbocycles. The normalized spacial score (nSPS) is 22.5. The number of hydrogen-bond acceptors (Lipinski definition) is 7. The Kier molecular flexibility index (Phi) is 6.83. The summed E-state index contributed by atoms with van der Waals surface area (Å²) in [4.78, 5) is 2.36. The number of nitrogens with zero attached hydrogens (tertiary/aromatic N) is 1. The Balaban J connectivity index is 1.12. The molecule has 2 saturated heterocycles. The van der Waals surface area contributed by atoms with E-state index in [1.165, 1.54) is 0 Å². The van der Waals surface area contributed by atoms with Crippen LogP contribution in [0.25, 0.3) is 10.8 Å². The largest absolute Gasteiger partial charge is 0.497 e. The Bertz CT molecular complexity index is 1030. The third-order valence-electron chi connectivity index (χ3n) is 6.74. The second-order valence-corrected chi connectivity index (χ2v) is 8.91. The maximum absolute atomic E-state index is 11.0. The molecule has 3 aliphatic rings. The quantitative estimate of drug-likeness (QED) is 0.598. The molecule has 176 valence electrons. The summed E-state index contributed by atoms with van der Waals surface area (Å²) in [5.74, 6) is 1.67. The van der Waals surface area contributed by atoms with Gasteiger partial charge in [-0.25, -0.2) is 0 Å². The minimum atomic E-state index is -0.527. The first-order chi connectivity index (χ1) is 16.2. The second-order valence-electron chi connectivity index (χ2n) is 8.91. The van der Waals surface area contributed by atoms with E-state index in [9.17, 15) is 5.11 Å². The van der Waals surface area contributed by atoms with Crippen molar-refractivity contribution in [3.8, 4) is 5.75 Å². The van der Waals surface area contributed by atoms with E-state index in [2.05, 4.69) is 27.7 Å². The van der Waals surface area contributed by atoms with Gasteiger partial charge in [-0.05, 0) is 66.6 Å². The van der Waals surface area contributed by atoms with Gasteiger partial charge in [0.05, 0.1) is 19.8 Å². The maximum atomic E-state index is 11.0. The first-order valence-electron chi connectivity index (χ1n) is 11.8. The number of allylic oxidation sites excluding steroid dienone is 2. The molecular formula is C26H33N3O4. The maximum Gasteiger partial charge on any atom is 0.186 e. The van der Waals surface area contributed by atoms with Gasteiger partial charge in [0.15, 0.2) is 6.23 Å². The molecule has 2 fully saturated rings. The van der Waals surface area contributed by atoms with E-state index in [1.54, 1.807) is 7.11 Å². The molecule has 0 radical (unpaired) electrons. The number of rotatable bonds is 7. The number of aliphatic hydroxyl groups is 1. The second kappa shape index (κ2) is 10.1. The lowest BCUT2D eigenvalue weighted by atomic mass is 9.98. The molecule has 7 heteroatoms. The topological polar surface area (TPSA) is 75.2 Å². The summed E-state index contributed by atoms with van der Waals surface area (Å²) in [6.45, 7) is 4.61. The summed E-state index contributed by atoms with van der Waals surface area (Å²) >= 11 is 0. The number of fused-ring (bicyclic) bond motifs is 2. The van der Waals surface area contributed by atoms with Gasteiger partial charge in [0, 0.05) is 24.8 Å². The Hall–Kier alpha value is -2.58. The fourth-order valence-electron chi connectivity index (χ4n) is 4.85. The first-order valence-corrected chi connectivity index (χ1v) is 11.8. The Morgan fingerprint density at radius 2 is 2.06 bits per heavy atom. The molecule has 3 aliphatic heterocycles. The van der Waals surface area contributed by atoms with E-state index in [1.807, 2.05) is 36.4 Å². The molecule has 0 aliphatic carbocycles. The molecule has 0 bridgehead atoms. The fraction of sp³-hybridized carbons (Fsp3) is 0.462. The lowest BCUT2D eigenvalue weighted by molar-refractivity contribution is -0.0540. The fourth-order valence-corrected chi connectivity index (χ4v) is 4.85. The van der Waals surface area contributed by atoms with Gasteiger partial charge in [0.2, 0.25) is 0 Å². The summed E-state index contributed by atoms with van der Waals surface area (Å²) in [6.07, 6.45) is 5.52. The van der Waals surface area contributed by atoms with Crippen molar-refractivity contribution in [1.82, 2.24) is 15.5 Å². The Labute approximate surface area is 195 Å². The van der Waals surface area contributed by atoms with Gasteiger partial charge < -0.3 is 34.9 Å². The van der Waals surface area contributed by atoms with Crippen molar-refractivity contribution in [2.24, 2.45) is 0 Å². The van der Waals surface area contributed by atoms with E-state index in [0.717, 1.165) is 66.0 Å². The van der Waals surface area contributed by atoms with Gasteiger partial charge in [-0.1, -0.05) is 24.3 Å². The molecule has 33 heavy (non-hydrogen) atoms. The number of piperidine rings is 1. The van der Waals surface area contributed by atoms with Gasteiger partial charge in [0.25, 0.3) is 0 Å². The molecule has 2 aromatic rings. The number of nitrogens with one attached hydrogen (secondary N) is 2. The lowest BCUT2D eigenvalue weighted by Gasteiger charge is -2.35. The van der Waals surface area contributed by atoms with Crippen LogP contribution in [-0.4, -0.2) is 68.8 Å². The SMILES string of the molecule is COc1ccc2cccc(C(O)CN3CCC(NCC4=CC=C5OCCOC5N4)CC3)c2c1. The Morgan fingerprint density at radius 1 is 1.18 bits per heavy atom. The van der Waals surface area contributed by atoms with E-state index >= 15 is 0 Å². The molecule has 0 amide bonds. The highest BCUT2D eigenvalue weighted by molar-refractivity contribution is 5.87. The molecule has 0 spiro atoms. The summed E-state index contributed by atoms with van der Waals surface area (Å²) in [6, 6.07) is 12.6. The highest BCUT2D eigenvalue weighted by Crippen LogP contribution is 2.29. The third-order valence-corrected chi connectivity index (χ3v) is 6.74. The van der Waals surface area contributed by atoms with Gasteiger partial charge in [-0.3, -0.25) is 0 Å². The van der Waals surface area contributed by atoms with Crippen molar-refractivity contribution >= 4 is 10.8 Å². The van der Waals surface area contributed by atoms with Crippen molar-refractivity contribution in [2.75, 3.05) is 46.5 Å². The number of hydrogen-bond donors (Lipinski definition) is 3. The van der Waals surface area contributed by atoms with Crippen LogP contribution in [0.5, 0.6) is 5.75 Å². The number of dihydropyridines is 1. The summed E-state index contributed by atoms with van der Waals surface area (Å²) in [7, 11) is 1.67. The highest BCUT2D eigenvalue weighted by atomic mass is 16.6. The van der Waals surface area contributed by atoms with Crippen LogP contribution in [0.15, 0.2) is 60.0 Å². The molecule has 0 aromatic heterocycles. The average Bonchev–Trinajstić information content (AvgIpc) is 2.87. The molecule has 0 saturated carbocycles.